The van der Waals surface area contributed by atoms with E-state index in [4.69, 9.17) is 4.42 Å². The third-order valence-electron chi connectivity index (χ3n) is 4.05. The molecule has 1 heterocycles. The molecule has 25 heavy (non-hydrogen) atoms. The summed E-state index contributed by atoms with van der Waals surface area (Å²) in [6.07, 6.45) is 1.60. The first-order valence-corrected chi connectivity index (χ1v) is 9.34. The highest BCUT2D eigenvalue weighted by atomic mass is 32.2. The van der Waals surface area contributed by atoms with Crippen molar-refractivity contribution < 1.29 is 22.5 Å². The smallest absolute Gasteiger partial charge is 0.282 e. The summed E-state index contributed by atoms with van der Waals surface area (Å²) in [6, 6.07) is 9.58. The van der Waals surface area contributed by atoms with Crippen LogP contribution in [-0.2, 0) is 21.4 Å². The van der Waals surface area contributed by atoms with Crippen LogP contribution in [0, 0.1) is 0 Å². The molecule has 1 unspecified atom stereocenters. The molecule has 1 aromatic heterocycles. The quantitative estimate of drug-likeness (QED) is 0.750. The number of nitrogens with one attached hydrogen (secondary N) is 2. The van der Waals surface area contributed by atoms with E-state index in [2.05, 4.69) is 5.32 Å². The fraction of sp³-hybridized carbons (Fsp3) is 0.353. The Morgan fingerprint density at radius 3 is 2.60 bits per heavy atom. The maximum atomic E-state index is 12.5. The van der Waals surface area contributed by atoms with Crippen LogP contribution in [-0.4, -0.2) is 45.8 Å². The maximum Gasteiger partial charge on any atom is 0.282 e. The second-order valence-corrected chi connectivity index (χ2v) is 8.28. The zero-order valence-electron chi connectivity index (χ0n) is 14.8. The van der Waals surface area contributed by atoms with E-state index in [9.17, 15) is 13.2 Å². The van der Waals surface area contributed by atoms with Gasteiger partial charge in [-0.2, -0.15) is 0 Å². The van der Waals surface area contributed by atoms with E-state index in [1.165, 1.54) is 26.2 Å². The molecular weight excluding hydrogens is 342 g/mol. The van der Waals surface area contributed by atoms with Crippen LogP contribution in [0.25, 0.3) is 0 Å². The van der Waals surface area contributed by atoms with Crippen LogP contribution in [0.3, 0.4) is 0 Å². The lowest BCUT2D eigenvalue weighted by atomic mass is 10.2. The molecule has 1 amide bonds. The number of quaternary nitrogens is 1. The minimum Gasteiger partial charge on any atom is -0.463 e. The fourth-order valence-electron chi connectivity index (χ4n) is 2.26. The SMILES string of the molecule is C[C@@H](C(=O)Nc1cccc(S(=O)(=O)N(C)C)c1)[NH+](C)Cc1ccco1. The van der Waals surface area contributed by atoms with Crippen LogP contribution >= 0.6 is 0 Å². The molecule has 0 saturated carbocycles. The molecule has 2 aromatic rings. The zero-order chi connectivity index (χ0) is 18.6. The molecule has 2 rings (SSSR count). The summed E-state index contributed by atoms with van der Waals surface area (Å²) >= 11 is 0. The van der Waals surface area contributed by atoms with Gasteiger partial charge in [-0.25, -0.2) is 12.7 Å². The molecule has 0 aliphatic heterocycles. The molecule has 0 bridgehead atoms. The summed E-state index contributed by atoms with van der Waals surface area (Å²) in [5.41, 5.74) is 0.450. The normalized spacial score (nSPS) is 14.3. The van der Waals surface area contributed by atoms with Crippen molar-refractivity contribution >= 4 is 21.6 Å². The number of anilines is 1. The van der Waals surface area contributed by atoms with Crippen molar-refractivity contribution in [1.29, 1.82) is 0 Å². The summed E-state index contributed by atoms with van der Waals surface area (Å²) in [5.74, 6) is 0.611. The van der Waals surface area contributed by atoms with Crippen LogP contribution in [0.15, 0.2) is 52.0 Å². The number of hydrogen-bond acceptors (Lipinski definition) is 4. The second kappa shape index (κ2) is 7.81. The number of carbonyl (C=O) groups excluding carboxylic acids is 1. The molecule has 7 nitrogen and oxygen atoms in total. The number of sulfonamides is 1. The van der Waals surface area contributed by atoms with Crippen LogP contribution in [0.5, 0.6) is 0 Å². The van der Waals surface area contributed by atoms with Crippen molar-refractivity contribution in [1.82, 2.24) is 4.31 Å². The Hall–Kier alpha value is -2.16. The standard InChI is InChI=1S/C17H23N3O4S/c1-13(20(4)12-15-8-6-10-24-15)17(21)18-14-7-5-9-16(11-14)25(22,23)19(2)3/h5-11,13H,12H2,1-4H3,(H,18,21)/p+1/t13-/m0/s1. The number of benzene rings is 1. The van der Waals surface area contributed by atoms with Gasteiger partial charge in [-0.1, -0.05) is 6.07 Å². The Balaban J connectivity index is 2.07. The summed E-state index contributed by atoms with van der Waals surface area (Å²) in [4.78, 5) is 13.6. The first-order chi connectivity index (χ1) is 11.7. The molecule has 136 valence electrons. The van der Waals surface area contributed by atoms with Crippen molar-refractivity contribution in [2.24, 2.45) is 0 Å². The summed E-state index contributed by atoms with van der Waals surface area (Å²) in [5, 5.41) is 2.78. The Morgan fingerprint density at radius 2 is 2.00 bits per heavy atom. The van der Waals surface area contributed by atoms with Gasteiger partial charge in [0.25, 0.3) is 5.91 Å². The molecule has 2 N–H and O–H groups in total. The molecule has 0 saturated heterocycles. The molecule has 2 atom stereocenters. The van der Waals surface area contributed by atoms with Gasteiger partial charge in [-0.3, -0.25) is 4.79 Å². The molecule has 0 fully saturated rings. The van der Waals surface area contributed by atoms with Gasteiger partial charge in [0.2, 0.25) is 10.0 Å². The lowest BCUT2D eigenvalue weighted by Crippen LogP contribution is -3.12. The van der Waals surface area contributed by atoms with Gasteiger partial charge in [-0.15, -0.1) is 0 Å². The average molecular weight is 366 g/mol. The number of hydrogen-bond donors (Lipinski definition) is 2. The highest BCUT2D eigenvalue weighted by molar-refractivity contribution is 7.89. The van der Waals surface area contributed by atoms with Crippen LogP contribution < -0.4 is 10.2 Å². The Labute approximate surface area is 148 Å². The molecule has 1 aromatic carbocycles. The topological polar surface area (TPSA) is 84.1 Å². The summed E-state index contributed by atoms with van der Waals surface area (Å²) in [7, 11) is 1.30. The van der Waals surface area contributed by atoms with Gasteiger partial charge in [0, 0.05) is 19.8 Å². The molecule has 8 heteroatoms. The van der Waals surface area contributed by atoms with E-state index in [0.717, 1.165) is 15.0 Å². The van der Waals surface area contributed by atoms with Crippen LogP contribution in [0.4, 0.5) is 5.69 Å². The number of likely N-dealkylation sites (N-methyl/N-ethyl adjacent to an activating group) is 1. The third-order valence-corrected chi connectivity index (χ3v) is 5.86. The number of nitrogens with zero attached hydrogens (tertiary/aromatic N) is 1. The van der Waals surface area contributed by atoms with Crippen molar-refractivity contribution in [3.8, 4) is 0 Å². The largest absolute Gasteiger partial charge is 0.463 e. The molecule has 0 aliphatic rings. The van der Waals surface area contributed by atoms with E-state index < -0.39 is 10.0 Å². The first kappa shape index (κ1) is 19.2. The Kier molecular flexibility index (Phi) is 5.99. The lowest BCUT2D eigenvalue weighted by Gasteiger charge is -2.20. The summed E-state index contributed by atoms with van der Waals surface area (Å²) < 4.78 is 30.8. The van der Waals surface area contributed by atoms with Gasteiger partial charge in [-0.05, 0) is 37.3 Å². The first-order valence-electron chi connectivity index (χ1n) is 7.90. The highest BCUT2D eigenvalue weighted by Gasteiger charge is 2.23. The van der Waals surface area contributed by atoms with Crippen LogP contribution in [0.1, 0.15) is 12.7 Å². The molecular formula is C17H24N3O4S+. The van der Waals surface area contributed by atoms with E-state index >= 15 is 0 Å². The number of carbonyl (C=O) groups is 1. The van der Waals surface area contributed by atoms with E-state index in [-0.39, 0.29) is 16.8 Å². The number of furan rings is 1. The molecule has 0 spiro atoms. The van der Waals surface area contributed by atoms with Gasteiger partial charge >= 0.3 is 0 Å². The number of amides is 1. The number of rotatable bonds is 7. The summed E-state index contributed by atoms with van der Waals surface area (Å²) in [6.45, 7) is 2.39. The van der Waals surface area contributed by atoms with E-state index in [1.807, 2.05) is 26.1 Å². The van der Waals surface area contributed by atoms with Crippen molar-refractivity contribution in [2.75, 3.05) is 26.5 Å². The monoisotopic (exact) mass is 366 g/mol. The Bertz CT molecular complexity index is 816. The highest BCUT2D eigenvalue weighted by Crippen LogP contribution is 2.18. The van der Waals surface area contributed by atoms with Crippen molar-refractivity contribution in [3.05, 3.63) is 48.4 Å². The minimum atomic E-state index is -3.54. The average Bonchev–Trinajstić information content (AvgIpc) is 3.07. The second-order valence-electron chi connectivity index (χ2n) is 6.13. The van der Waals surface area contributed by atoms with E-state index in [0.29, 0.717) is 12.2 Å². The maximum absolute atomic E-state index is 12.5. The van der Waals surface area contributed by atoms with Gasteiger partial charge in [0.15, 0.2) is 11.8 Å². The molecule has 0 aliphatic carbocycles. The van der Waals surface area contributed by atoms with Gasteiger partial charge < -0.3 is 14.6 Å². The van der Waals surface area contributed by atoms with Crippen LogP contribution in [0.2, 0.25) is 0 Å². The Morgan fingerprint density at radius 1 is 1.28 bits per heavy atom. The van der Waals surface area contributed by atoms with Gasteiger partial charge in [0.05, 0.1) is 18.2 Å². The zero-order valence-corrected chi connectivity index (χ0v) is 15.6. The predicted molar refractivity (Wildman–Crippen MR) is 94.7 cm³/mol. The van der Waals surface area contributed by atoms with Crippen molar-refractivity contribution in [2.45, 2.75) is 24.4 Å². The van der Waals surface area contributed by atoms with E-state index in [1.54, 1.807) is 18.4 Å². The van der Waals surface area contributed by atoms with Gasteiger partial charge in [0.1, 0.15) is 6.54 Å². The third kappa shape index (κ3) is 4.68. The predicted octanol–water partition coefficient (Wildman–Crippen LogP) is 0.572. The minimum absolute atomic E-state index is 0.138. The van der Waals surface area contributed by atoms with Crippen molar-refractivity contribution in [3.63, 3.8) is 0 Å². The fourth-order valence-corrected chi connectivity index (χ4v) is 3.21. The lowest BCUT2D eigenvalue weighted by molar-refractivity contribution is -0.908. The molecule has 0 radical (unpaired) electrons.